The Hall–Kier alpha value is -0.0900. The Labute approximate surface area is 81.2 Å². The molecule has 72 valence electrons. The summed E-state index contributed by atoms with van der Waals surface area (Å²) in [5, 5.41) is 9.76. The first-order valence-electron chi connectivity index (χ1n) is 4.06. The van der Waals surface area contributed by atoms with Crippen molar-refractivity contribution in [1.29, 1.82) is 0 Å². The normalized spacial score (nSPS) is 15.3. The maximum atomic E-state index is 11.0. The Morgan fingerprint density at radius 2 is 2.25 bits per heavy atom. The molecule has 0 spiro atoms. The monoisotopic (exact) mass is 238 g/mol. The molecule has 0 saturated carbocycles. The van der Waals surface area contributed by atoms with Crippen LogP contribution in [-0.4, -0.2) is 28.6 Å². The summed E-state index contributed by atoms with van der Waals surface area (Å²) in [4.78, 5) is 11.0. The van der Waals surface area contributed by atoms with Crippen LogP contribution in [0, 0.1) is 0 Å². The summed E-state index contributed by atoms with van der Waals surface area (Å²) < 4.78 is 4.90. The summed E-state index contributed by atoms with van der Waals surface area (Å²) in [5.74, 6) is -0.524. The quantitative estimate of drug-likeness (QED) is 0.583. The lowest BCUT2D eigenvalue weighted by atomic mass is 10.2. The lowest BCUT2D eigenvalue weighted by Gasteiger charge is -2.13. The van der Waals surface area contributed by atoms with Crippen LogP contribution in [0.4, 0.5) is 0 Å². The van der Waals surface area contributed by atoms with E-state index in [1.165, 1.54) is 0 Å². The molecule has 0 aromatic heterocycles. The molecule has 3 nitrogen and oxygen atoms in total. The van der Waals surface area contributed by atoms with Crippen LogP contribution in [0.15, 0.2) is 0 Å². The van der Waals surface area contributed by atoms with Crippen LogP contribution in [0.25, 0.3) is 0 Å². The molecule has 0 aliphatic heterocycles. The van der Waals surface area contributed by atoms with Gasteiger partial charge in [-0.1, -0.05) is 22.9 Å². The first-order chi connectivity index (χ1) is 5.61. The van der Waals surface area contributed by atoms with Crippen molar-refractivity contribution in [3.63, 3.8) is 0 Å². The summed E-state index contributed by atoms with van der Waals surface area (Å²) in [6, 6.07) is 0. The number of halogens is 1. The Kier molecular flexibility index (Phi) is 6.38. The maximum absolute atomic E-state index is 11.0. The minimum absolute atomic E-state index is 0.109. The summed E-state index contributed by atoms with van der Waals surface area (Å²) in [7, 11) is 0. The van der Waals surface area contributed by atoms with Gasteiger partial charge in [0.2, 0.25) is 0 Å². The highest BCUT2D eigenvalue weighted by Gasteiger charge is 2.17. The minimum atomic E-state index is -0.988. The Morgan fingerprint density at radius 3 is 2.67 bits per heavy atom. The third kappa shape index (κ3) is 4.72. The molecular formula is C8H15BrO3. The highest BCUT2D eigenvalue weighted by Crippen LogP contribution is 2.03. The predicted octanol–water partition coefficient (Wildman–Crippen LogP) is 1.47. The van der Waals surface area contributed by atoms with Crippen molar-refractivity contribution in [1.82, 2.24) is 0 Å². The molecule has 2 unspecified atom stereocenters. The summed E-state index contributed by atoms with van der Waals surface area (Å²) >= 11 is 3.13. The number of aliphatic hydroxyl groups excluding tert-OH is 1. The highest BCUT2D eigenvalue weighted by molar-refractivity contribution is 9.09. The van der Waals surface area contributed by atoms with E-state index in [0.717, 1.165) is 6.42 Å². The molecule has 0 fully saturated rings. The maximum Gasteiger partial charge on any atom is 0.335 e. The highest BCUT2D eigenvalue weighted by atomic mass is 79.9. The molecule has 0 aliphatic carbocycles. The predicted molar refractivity (Wildman–Crippen MR) is 50.3 cm³/mol. The fourth-order valence-electron chi connectivity index (χ4n) is 0.581. The molecule has 0 amide bonds. The smallest absolute Gasteiger partial charge is 0.335 e. The van der Waals surface area contributed by atoms with Crippen molar-refractivity contribution in [2.75, 3.05) is 5.33 Å². The SMILES string of the molecule is CCC(C)OC(=O)C(O)CCBr. The number of esters is 1. The van der Waals surface area contributed by atoms with Crippen LogP contribution in [0.2, 0.25) is 0 Å². The number of rotatable bonds is 5. The first-order valence-corrected chi connectivity index (χ1v) is 5.18. The van der Waals surface area contributed by atoms with E-state index in [9.17, 15) is 4.79 Å². The molecule has 0 bridgehead atoms. The molecule has 0 saturated heterocycles. The van der Waals surface area contributed by atoms with Crippen LogP contribution in [0.3, 0.4) is 0 Å². The molecule has 12 heavy (non-hydrogen) atoms. The third-order valence-corrected chi connectivity index (χ3v) is 2.00. The van der Waals surface area contributed by atoms with Gasteiger partial charge in [0.1, 0.15) is 0 Å². The van der Waals surface area contributed by atoms with E-state index < -0.39 is 12.1 Å². The minimum Gasteiger partial charge on any atom is -0.461 e. The van der Waals surface area contributed by atoms with E-state index in [2.05, 4.69) is 15.9 Å². The Balaban J connectivity index is 3.70. The Bertz CT molecular complexity index is 138. The van der Waals surface area contributed by atoms with Crippen LogP contribution in [0.5, 0.6) is 0 Å². The Morgan fingerprint density at radius 1 is 1.67 bits per heavy atom. The van der Waals surface area contributed by atoms with Crippen LogP contribution in [-0.2, 0) is 9.53 Å². The summed E-state index contributed by atoms with van der Waals surface area (Å²) in [6.07, 6.45) is 0.0723. The molecule has 4 heteroatoms. The second-order valence-corrected chi connectivity index (χ2v) is 3.44. The van der Waals surface area contributed by atoms with E-state index in [1.54, 1.807) is 6.92 Å². The molecule has 0 rings (SSSR count). The van der Waals surface area contributed by atoms with Crippen molar-refractivity contribution in [3.8, 4) is 0 Å². The lowest BCUT2D eigenvalue weighted by molar-refractivity contribution is -0.158. The molecule has 1 N–H and O–H groups in total. The zero-order valence-corrected chi connectivity index (χ0v) is 9.00. The van der Waals surface area contributed by atoms with Gasteiger partial charge in [-0.15, -0.1) is 0 Å². The van der Waals surface area contributed by atoms with Crippen molar-refractivity contribution in [3.05, 3.63) is 0 Å². The summed E-state index contributed by atoms with van der Waals surface area (Å²) in [6.45, 7) is 3.73. The number of carbonyl (C=O) groups excluding carboxylic acids is 1. The van der Waals surface area contributed by atoms with Gasteiger partial charge in [-0.25, -0.2) is 4.79 Å². The van der Waals surface area contributed by atoms with E-state index in [4.69, 9.17) is 9.84 Å². The molecule has 0 aliphatic rings. The van der Waals surface area contributed by atoms with E-state index in [-0.39, 0.29) is 6.10 Å². The van der Waals surface area contributed by atoms with Crippen LogP contribution in [0.1, 0.15) is 26.7 Å². The second-order valence-electron chi connectivity index (χ2n) is 2.65. The van der Waals surface area contributed by atoms with Gasteiger partial charge in [-0.2, -0.15) is 0 Å². The molecular weight excluding hydrogens is 224 g/mol. The van der Waals surface area contributed by atoms with Crippen LogP contribution < -0.4 is 0 Å². The fourth-order valence-corrected chi connectivity index (χ4v) is 1.02. The van der Waals surface area contributed by atoms with Gasteiger partial charge in [0.05, 0.1) is 6.10 Å². The molecule has 2 atom stereocenters. The van der Waals surface area contributed by atoms with Gasteiger partial charge in [0.25, 0.3) is 0 Å². The zero-order chi connectivity index (χ0) is 9.56. The average molecular weight is 239 g/mol. The van der Waals surface area contributed by atoms with E-state index in [1.807, 2.05) is 6.92 Å². The second kappa shape index (κ2) is 6.43. The fraction of sp³-hybridized carbons (Fsp3) is 0.875. The number of carbonyl (C=O) groups is 1. The van der Waals surface area contributed by atoms with Crippen molar-refractivity contribution < 1.29 is 14.6 Å². The van der Waals surface area contributed by atoms with E-state index in [0.29, 0.717) is 11.8 Å². The zero-order valence-electron chi connectivity index (χ0n) is 7.42. The van der Waals surface area contributed by atoms with Gasteiger partial charge in [-0.05, 0) is 19.8 Å². The van der Waals surface area contributed by atoms with E-state index >= 15 is 0 Å². The number of alkyl halides is 1. The molecule has 0 aromatic rings. The lowest BCUT2D eigenvalue weighted by Crippen LogP contribution is -2.26. The number of aliphatic hydroxyl groups is 1. The molecule has 0 radical (unpaired) electrons. The first kappa shape index (κ1) is 11.9. The van der Waals surface area contributed by atoms with Gasteiger partial charge in [0.15, 0.2) is 6.10 Å². The summed E-state index contributed by atoms with van der Waals surface area (Å²) in [5.41, 5.74) is 0. The van der Waals surface area contributed by atoms with Gasteiger partial charge in [-0.3, -0.25) is 0 Å². The largest absolute Gasteiger partial charge is 0.461 e. The number of ether oxygens (including phenoxy) is 1. The topological polar surface area (TPSA) is 46.5 Å². The van der Waals surface area contributed by atoms with Gasteiger partial charge >= 0.3 is 5.97 Å². The number of hydrogen-bond acceptors (Lipinski definition) is 3. The molecule has 0 aromatic carbocycles. The third-order valence-electron chi connectivity index (χ3n) is 1.55. The number of hydrogen-bond donors (Lipinski definition) is 1. The van der Waals surface area contributed by atoms with Crippen molar-refractivity contribution >= 4 is 21.9 Å². The average Bonchev–Trinajstić information content (AvgIpc) is 2.04. The van der Waals surface area contributed by atoms with Crippen molar-refractivity contribution in [2.45, 2.75) is 38.9 Å². The standard InChI is InChI=1S/C8H15BrO3/c1-3-6(2)12-8(11)7(10)4-5-9/h6-7,10H,3-5H2,1-2H3. The molecule has 0 heterocycles. The van der Waals surface area contributed by atoms with Gasteiger partial charge < -0.3 is 9.84 Å². The van der Waals surface area contributed by atoms with Gasteiger partial charge in [0, 0.05) is 5.33 Å². The van der Waals surface area contributed by atoms with Crippen molar-refractivity contribution in [2.24, 2.45) is 0 Å². The van der Waals surface area contributed by atoms with Crippen LogP contribution >= 0.6 is 15.9 Å².